The van der Waals surface area contributed by atoms with E-state index < -0.39 is 15.1 Å². The molecule has 0 aromatic heterocycles. The minimum atomic E-state index is -4.28. The Labute approximate surface area is 84.5 Å². The average molecular weight is 226 g/mol. The van der Waals surface area contributed by atoms with Crippen LogP contribution in [-0.2, 0) is 10.1 Å². The first kappa shape index (κ1) is 13.8. The molecule has 1 fully saturated rings. The first-order valence-electron chi connectivity index (χ1n) is 4.36. The molecule has 1 saturated heterocycles. The largest absolute Gasteiger partial charge is 0.373 e. The first-order valence-corrected chi connectivity index (χ1v) is 5.80. The van der Waals surface area contributed by atoms with Gasteiger partial charge in [-0.3, -0.25) is 4.55 Å². The Bertz CT molecular complexity index is 229. The van der Waals surface area contributed by atoms with E-state index in [-0.39, 0.29) is 0 Å². The molecule has 1 aliphatic heterocycles. The van der Waals surface area contributed by atoms with Gasteiger partial charge >= 0.3 is 0 Å². The Kier molecular flexibility index (Phi) is 5.53. The molecule has 6 nitrogen and oxygen atoms in total. The lowest BCUT2D eigenvalue weighted by Gasteiger charge is -2.11. The molecule has 0 aromatic carbocycles. The molecule has 14 heavy (non-hydrogen) atoms. The van der Waals surface area contributed by atoms with E-state index in [4.69, 9.17) is 9.66 Å². The summed E-state index contributed by atoms with van der Waals surface area (Å²) in [4.78, 5) is -2.03. The number of piperazine rings is 1. The van der Waals surface area contributed by atoms with Crippen molar-refractivity contribution < 1.29 is 18.1 Å². The maximum atomic E-state index is 9.96. The Morgan fingerprint density at radius 3 is 1.36 bits per heavy atom. The Morgan fingerprint density at radius 1 is 1.07 bits per heavy atom. The van der Waals surface area contributed by atoms with Crippen LogP contribution >= 0.6 is 0 Å². The third-order valence-electron chi connectivity index (χ3n) is 1.59. The molecule has 0 aliphatic carbocycles. The van der Waals surface area contributed by atoms with Gasteiger partial charge in [0.15, 0.2) is 4.93 Å². The van der Waals surface area contributed by atoms with Gasteiger partial charge in [0.05, 0.1) is 0 Å². The monoisotopic (exact) mass is 226 g/mol. The molecule has 0 aromatic rings. The van der Waals surface area contributed by atoms with Crippen LogP contribution in [0.4, 0.5) is 0 Å². The summed E-state index contributed by atoms with van der Waals surface area (Å²) in [7, 11) is -4.28. The zero-order valence-electron chi connectivity index (χ0n) is 8.45. The van der Waals surface area contributed by atoms with Crippen molar-refractivity contribution in [1.82, 2.24) is 10.6 Å². The molecule has 1 heterocycles. The molecule has 0 radical (unpaired) electrons. The summed E-state index contributed by atoms with van der Waals surface area (Å²) in [6.07, 6.45) is 0. The number of aliphatic hydroxyl groups is 1. The Balaban J connectivity index is 0.000000249. The fourth-order valence-corrected chi connectivity index (χ4v) is 0.604. The first-order chi connectivity index (χ1) is 6.25. The van der Waals surface area contributed by atoms with E-state index in [2.05, 4.69) is 10.6 Å². The third kappa shape index (κ3) is 6.28. The number of nitrogens with one attached hydrogen (secondary N) is 2. The Morgan fingerprint density at radius 2 is 1.29 bits per heavy atom. The van der Waals surface area contributed by atoms with Crippen molar-refractivity contribution in [2.75, 3.05) is 26.2 Å². The number of hydrogen-bond acceptors (Lipinski definition) is 5. The lowest BCUT2D eigenvalue weighted by atomic mass is 10.4. The smallest absolute Gasteiger partial charge is 0.294 e. The Hall–Kier alpha value is -0.210. The van der Waals surface area contributed by atoms with Crippen LogP contribution < -0.4 is 10.6 Å². The fourth-order valence-electron chi connectivity index (χ4n) is 0.604. The zero-order chi connectivity index (χ0) is 11.2. The molecule has 7 heteroatoms. The highest BCUT2D eigenvalue weighted by atomic mass is 32.2. The van der Waals surface area contributed by atoms with Crippen LogP contribution in [0.2, 0.25) is 0 Å². The molecule has 1 rings (SSSR count). The van der Waals surface area contributed by atoms with Gasteiger partial charge in [-0.25, -0.2) is 0 Å². The van der Waals surface area contributed by atoms with E-state index in [0.29, 0.717) is 0 Å². The van der Waals surface area contributed by atoms with Gasteiger partial charge in [-0.1, -0.05) is 0 Å². The van der Waals surface area contributed by atoms with Crippen molar-refractivity contribution in [3.05, 3.63) is 0 Å². The topological polar surface area (TPSA) is 98.7 Å². The van der Waals surface area contributed by atoms with Crippen LogP contribution in [0, 0.1) is 0 Å². The van der Waals surface area contributed by atoms with E-state index in [1.165, 1.54) is 0 Å². The predicted molar refractivity (Wildman–Crippen MR) is 53.6 cm³/mol. The minimum absolute atomic E-state index is 0.988. The van der Waals surface area contributed by atoms with Crippen molar-refractivity contribution in [3.63, 3.8) is 0 Å². The minimum Gasteiger partial charge on any atom is -0.373 e. The molecule has 86 valence electrons. The van der Waals surface area contributed by atoms with Crippen molar-refractivity contribution in [2.24, 2.45) is 0 Å². The van der Waals surface area contributed by atoms with Crippen LogP contribution in [0.15, 0.2) is 0 Å². The van der Waals surface area contributed by atoms with Crippen LogP contribution in [0.1, 0.15) is 13.8 Å². The van der Waals surface area contributed by atoms with Gasteiger partial charge in [0, 0.05) is 26.2 Å². The second-order valence-corrected chi connectivity index (χ2v) is 5.37. The van der Waals surface area contributed by atoms with Crippen molar-refractivity contribution in [1.29, 1.82) is 0 Å². The molecule has 0 bridgehead atoms. The summed E-state index contributed by atoms with van der Waals surface area (Å²) in [6.45, 7) is 6.53. The second kappa shape index (κ2) is 5.62. The summed E-state index contributed by atoms with van der Waals surface area (Å²) < 4.78 is 28.0. The molecule has 0 unspecified atom stereocenters. The van der Waals surface area contributed by atoms with Gasteiger partial charge in [0.25, 0.3) is 10.1 Å². The quantitative estimate of drug-likeness (QED) is 0.418. The van der Waals surface area contributed by atoms with E-state index >= 15 is 0 Å². The highest BCUT2D eigenvalue weighted by molar-refractivity contribution is 7.87. The van der Waals surface area contributed by atoms with Crippen LogP contribution in [0.5, 0.6) is 0 Å². The van der Waals surface area contributed by atoms with Gasteiger partial charge in [-0.05, 0) is 13.8 Å². The standard InChI is InChI=1S/C4H10N2.C3H8O4S/c1-2-6-4-3-5-1;1-3(2,4)8(5,6)7/h5-6H,1-4H2;4H,1-2H3,(H,5,6,7). The number of rotatable bonds is 1. The second-order valence-electron chi connectivity index (χ2n) is 3.42. The molecule has 0 saturated carbocycles. The number of hydrogen-bond donors (Lipinski definition) is 4. The SMILES string of the molecule is C1CNCCN1.CC(C)(O)S(=O)(=O)O. The van der Waals surface area contributed by atoms with Crippen LogP contribution in [0.3, 0.4) is 0 Å². The van der Waals surface area contributed by atoms with Gasteiger partial charge in [-0.2, -0.15) is 8.42 Å². The highest BCUT2D eigenvalue weighted by Gasteiger charge is 2.28. The third-order valence-corrected chi connectivity index (χ3v) is 2.85. The van der Waals surface area contributed by atoms with Gasteiger partial charge in [0.1, 0.15) is 0 Å². The molecule has 0 atom stereocenters. The van der Waals surface area contributed by atoms with E-state index in [1.807, 2.05) is 0 Å². The molecule has 0 amide bonds. The summed E-state index contributed by atoms with van der Waals surface area (Å²) in [5.41, 5.74) is 0. The maximum Gasteiger partial charge on any atom is 0.294 e. The van der Waals surface area contributed by atoms with Crippen LogP contribution in [0.25, 0.3) is 0 Å². The van der Waals surface area contributed by atoms with Gasteiger partial charge in [0.2, 0.25) is 0 Å². The summed E-state index contributed by atoms with van der Waals surface area (Å²) >= 11 is 0. The van der Waals surface area contributed by atoms with Crippen molar-refractivity contribution in [3.8, 4) is 0 Å². The van der Waals surface area contributed by atoms with Gasteiger partial charge < -0.3 is 15.7 Å². The van der Waals surface area contributed by atoms with Crippen molar-refractivity contribution in [2.45, 2.75) is 18.8 Å². The normalized spacial score (nSPS) is 18.3. The molecular weight excluding hydrogens is 208 g/mol. The van der Waals surface area contributed by atoms with Gasteiger partial charge in [-0.15, -0.1) is 0 Å². The maximum absolute atomic E-state index is 9.96. The van der Waals surface area contributed by atoms with E-state index in [0.717, 1.165) is 40.0 Å². The molecule has 4 N–H and O–H groups in total. The van der Waals surface area contributed by atoms with Crippen molar-refractivity contribution >= 4 is 10.1 Å². The van der Waals surface area contributed by atoms with Crippen LogP contribution in [-0.4, -0.2) is 49.2 Å². The highest BCUT2D eigenvalue weighted by Crippen LogP contribution is 2.07. The van der Waals surface area contributed by atoms with E-state index in [9.17, 15) is 8.42 Å². The molecule has 0 spiro atoms. The molecule has 1 aliphatic rings. The lowest BCUT2D eigenvalue weighted by molar-refractivity contribution is 0.152. The average Bonchev–Trinajstić information content (AvgIpc) is 2.05. The summed E-state index contributed by atoms with van der Waals surface area (Å²) in [6, 6.07) is 0. The molecular formula is C7H18N2O4S. The summed E-state index contributed by atoms with van der Waals surface area (Å²) in [5, 5.41) is 15.0. The van der Waals surface area contributed by atoms with E-state index in [1.54, 1.807) is 0 Å². The fraction of sp³-hybridized carbons (Fsp3) is 1.00. The zero-order valence-corrected chi connectivity index (χ0v) is 9.26. The predicted octanol–water partition coefficient (Wildman–Crippen LogP) is -1.22. The lowest BCUT2D eigenvalue weighted by Crippen LogP contribution is -2.39. The summed E-state index contributed by atoms with van der Waals surface area (Å²) in [5.74, 6) is 0.